The van der Waals surface area contributed by atoms with Crippen LogP contribution in [0.3, 0.4) is 0 Å². The van der Waals surface area contributed by atoms with Gasteiger partial charge in [0, 0.05) is 23.5 Å². The van der Waals surface area contributed by atoms with Gasteiger partial charge >= 0.3 is 0 Å². The van der Waals surface area contributed by atoms with Gasteiger partial charge in [0.25, 0.3) is 5.91 Å². The van der Waals surface area contributed by atoms with E-state index in [0.717, 1.165) is 11.4 Å². The van der Waals surface area contributed by atoms with Gasteiger partial charge in [-0.05, 0) is 52.8 Å². The Balaban J connectivity index is 2.38. The Labute approximate surface area is 137 Å². The highest BCUT2D eigenvalue weighted by atomic mass is 16.2. The van der Waals surface area contributed by atoms with Crippen molar-refractivity contribution in [3.63, 3.8) is 0 Å². The molecule has 0 bridgehead atoms. The molecule has 1 aromatic carbocycles. The summed E-state index contributed by atoms with van der Waals surface area (Å²) in [6.07, 6.45) is 0. The molecule has 5 heteroatoms. The fraction of sp³-hybridized carbons (Fsp3) is 0.389. The second-order valence-electron chi connectivity index (χ2n) is 6.48. The normalized spacial score (nSPS) is 11.2. The molecular formula is C18H24N4O. The van der Waals surface area contributed by atoms with Crippen LogP contribution in [0.15, 0.2) is 36.4 Å². The molecule has 1 N–H and O–H groups in total. The van der Waals surface area contributed by atoms with Crippen molar-refractivity contribution in [2.24, 2.45) is 0 Å². The second kappa shape index (κ2) is 6.77. The molecule has 0 fully saturated rings. The van der Waals surface area contributed by atoms with E-state index in [2.05, 4.69) is 15.3 Å². The van der Waals surface area contributed by atoms with Gasteiger partial charge in [-0.25, -0.2) is 9.97 Å². The van der Waals surface area contributed by atoms with E-state index in [9.17, 15) is 4.79 Å². The van der Waals surface area contributed by atoms with Gasteiger partial charge in [0.15, 0.2) is 0 Å². The minimum absolute atomic E-state index is 0.187. The smallest absolute Gasteiger partial charge is 0.270 e. The summed E-state index contributed by atoms with van der Waals surface area (Å²) in [5.74, 6) is 0.353. The Morgan fingerprint density at radius 2 is 1.83 bits per heavy atom. The zero-order chi connectivity index (χ0) is 17.0. The summed E-state index contributed by atoms with van der Waals surface area (Å²) in [5, 5.41) is 2.94. The van der Waals surface area contributed by atoms with Crippen molar-refractivity contribution in [3.05, 3.63) is 47.8 Å². The fourth-order valence-corrected chi connectivity index (χ4v) is 2.24. The lowest BCUT2D eigenvalue weighted by Gasteiger charge is -2.23. The van der Waals surface area contributed by atoms with Gasteiger partial charge in [0.2, 0.25) is 5.95 Å². The van der Waals surface area contributed by atoms with Crippen LogP contribution >= 0.6 is 0 Å². The molecule has 2 aromatic rings. The minimum atomic E-state index is -0.306. The Hall–Kier alpha value is -2.43. The molecule has 1 heterocycles. The second-order valence-corrected chi connectivity index (χ2v) is 6.48. The van der Waals surface area contributed by atoms with E-state index < -0.39 is 0 Å². The van der Waals surface area contributed by atoms with Gasteiger partial charge < -0.3 is 10.2 Å². The number of nitrogens with zero attached hydrogens (tertiary/aromatic N) is 3. The molecule has 23 heavy (non-hydrogen) atoms. The first kappa shape index (κ1) is 16.9. The summed E-state index contributed by atoms with van der Waals surface area (Å²) >= 11 is 0. The monoisotopic (exact) mass is 312 g/mol. The van der Waals surface area contributed by atoms with Crippen LogP contribution in [0.2, 0.25) is 0 Å². The van der Waals surface area contributed by atoms with Crippen molar-refractivity contribution in [3.8, 4) is 0 Å². The minimum Gasteiger partial charge on any atom is -0.346 e. The van der Waals surface area contributed by atoms with Crippen molar-refractivity contribution in [1.29, 1.82) is 0 Å². The van der Waals surface area contributed by atoms with Gasteiger partial charge in [-0.1, -0.05) is 18.2 Å². The number of aromatic nitrogens is 2. The Morgan fingerprint density at radius 1 is 1.17 bits per heavy atom. The van der Waals surface area contributed by atoms with Gasteiger partial charge in [-0.2, -0.15) is 0 Å². The van der Waals surface area contributed by atoms with E-state index in [0.29, 0.717) is 18.2 Å². The molecule has 122 valence electrons. The lowest BCUT2D eigenvalue weighted by atomic mass is 10.1. The molecule has 0 saturated carbocycles. The van der Waals surface area contributed by atoms with E-state index in [4.69, 9.17) is 0 Å². The predicted octanol–water partition coefficient (Wildman–Crippen LogP) is 3.47. The summed E-state index contributed by atoms with van der Waals surface area (Å²) in [6, 6.07) is 11.6. The van der Waals surface area contributed by atoms with Crippen molar-refractivity contribution in [2.45, 2.75) is 40.2 Å². The highest BCUT2D eigenvalue weighted by Crippen LogP contribution is 2.22. The average molecular weight is 312 g/mol. The molecule has 0 aliphatic carbocycles. The van der Waals surface area contributed by atoms with E-state index in [1.165, 1.54) is 0 Å². The number of amides is 1. The Morgan fingerprint density at radius 3 is 2.39 bits per heavy atom. The molecule has 5 nitrogen and oxygen atoms in total. The van der Waals surface area contributed by atoms with Crippen molar-refractivity contribution in [2.75, 3.05) is 11.4 Å². The molecular weight excluding hydrogens is 288 g/mol. The maximum Gasteiger partial charge on any atom is 0.270 e. The quantitative estimate of drug-likeness (QED) is 0.939. The number of carbonyl (C=O) groups is 1. The van der Waals surface area contributed by atoms with E-state index in [1.807, 2.05) is 69.9 Å². The molecule has 0 radical (unpaired) electrons. The number of carbonyl (C=O) groups excluding carboxylic acids is 1. The molecule has 0 aliphatic heterocycles. The van der Waals surface area contributed by atoms with E-state index in [1.54, 1.807) is 6.07 Å². The summed E-state index contributed by atoms with van der Waals surface area (Å²) in [7, 11) is 0. The molecule has 0 saturated heterocycles. The van der Waals surface area contributed by atoms with Crippen LogP contribution in [0.25, 0.3) is 0 Å². The van der Waals surface area contributed by atoms with Gasteiger partial charge in [0.05, 0.1) is 0 Å². The lowest BCUT2D eigenvalue weighted by molar-refractivity contribution is 0.0914. The highest BCUT2D eigenvalue weighted by Gasteiger charge is 2.19. The van der Waals surface area contributed by atoms with E-state index >= 15 is 0 Å². The third-order valence-electron chi connectivity index (χ3n) is 3.19. The molecule has 0 unspecified atom stereocenters. The molecule has 1 aromatic heterocycles. The number of anilines is 2. The topological polar surface area (TPSA) is 58.1 Å². The fourth-order valence-electron chi connectivity index (χ4n) is 2.24. The van der Waals surface area contributed by atoms with Crippen molar-refractivity contribution in [1.82, 2.24) is 15.3 Å². The van der Waals surface area contributed by atoms with Gasteiger partial charge in [0.1, 0.15) is 5.69 Å². The molecule has 2 rings (SSSR count). The van der Waals surface area contributed by atoms with Crippen molar-refractivity contribution < 1.29 is 4.79 Å². The first-order chi connectivity index (χ1) is 10.8. The molecule has 0 atom stereocenters. The third kappa shape index (κ3) is 4.52. The van der Waals surface area contributed by atoms with Crippen LogP contribution in [0.1, 0.15) is 43.9 Å². The molecule has 0 aliphatic rings. The summed E-state index contributed by atoms with van der Waals surface area (Å²) < 4.78 is 0. The molecule has 0 spiro atoms. The van der Waals surface area contributed by atoms with Crippen LogP contribution in [0, 0.1) is 6.92 Å². The van der Waals surface area contributed by atoms with Crippen LogP contribution < -0.4 is 10.2 Å². The Kier molecular flexibility index (Phi) is 4.98. The third-order valence-corrected chi connectivity index (χ3v) is 3.19. The first-order valence-electron chi connectivity index (χ1n) is 7.81. The van der Waals surface area contributed by atoms with Crippen LogP contribution in [0.5, 0.6) is 0 Å². The number of benzene rings is 1. The first-order valence-corrected chi connectivity index (χ1v) is 7.81. The standard InChI is InChI=1S/C18H24N4O/c1-6-22(14-10-8-7-9-11-14)17-19-13(2)12-15(20-17)16(23)21-18(3,4)5/h7-12H,6H2,1-5H3,(H,21,23). The van der Waals surface area contributed by atoms with Crippen molar-refractivity contribution >= 4 is 17.5 Å². The van der Waals surface area contributed by atoms with Gasteiger partial charge in [-0.15, -0.1) is 0 Å². The number of hydrogen-bond acceptors (Lipinski definition) is 4. The zero-order valence-electron chi connectivity index (χ0n) is 14.4. The number of para-hydroxylation sites is 1. The number of hydrogen-bond donors (Lipinski definition) is 1. The Bertz CT molecular complexity index is 677. The predicted molar refractivity (Wildman–Crippen MR) is 93.1 cm³/mol. The SMILES string of the molecule is CCN(c1ccccc1)c1nc(C)cc(C(=O)NC(C)(C)C)n1. The van der Waals surface area contributed by atoms with Crippen LogP contribution in [-0.2, 0) is 0 Å². The maximum atomic E-state index is 12.4. The maximum absolute atomic E-state index is 12.4. The zero-order valence-corrected chi connectivity index (χ0v) is 14.4. The summed E-state index contributed by atoms with van der Waals surface area (Å²) in [6.45, 7) is 10.5. The number of rotatable bonds is 4. The number of nitrogens with one attached hydrogen (secondary N) is 1. The van der Waals surface area contributed by atoms with Gasteiger partial charge in [-0.3, -0.25) is 4.79 Å². The average Bonchev–Trinajstić information content (AvgIpc) is 2.47. The highest BCUT2D eigenvalue weighted by molar-refractivity contribution is 5.93. The van der Waals surface area contributed by atoms with Crippen LogP contribution in [-0.4, -0.2) is 28.0 Å². The molecule has 1 amide bonds. The van der Waals surface area contributed by atoms with Crippen LogP contribution in [0.4, 0.5) is 11.6 Å². The largest absolute Gasteiger partial charge is 0.346 e. The van der Waals surface area contributed by atoms with E-state index in [-0.39, 0.29) is 11.4 Å². The summed E-state index contributed by atoms with van der Waals surface area (Å²) in [5.41, 5.74) is 1.85. The summed E-state index contributed by atoms with van der Waals surface area (Å²) in [4.78, 5) is 23.3. The number of aryl methyl sites for hydroxylation is 1. The lowest BCUT2D eigenvalue weighted by Crippen LogP contribution is -2.41.